The van der Waals surface area contributed by atoms with Gasteiger partial charge in [0, 0.05) is 6.42 Å². The van der Waals surface area contributed by atoms with E-state index in [2.05, 4.69) is 56.2 Å². The third-order valence-electron chi connectivity index (χ3n) is 14.6. The molecule has 7 heteroatoms. The number of nitrogens with one attached hydrogen (secondary N) is 1. The van der Waals surface area contributed by atoms with Crippen LogP contribution in [0.5, 0.6) is 5.75 Å². The number of ether oxygens (including phenoxy) is 2. The van der Waals surface area contributed by atoms with Gasteiger partial charge in [0.2, 0.25) is 0 Å². The molecule has 0 bridgehead atoms. The van der Waals surface area contributed by atoms with E-state index >= 15 is 0 Å². The molecule has 0 heterocycles. The quantitative estimate of drug-likeness (QED) is 0.0644. The number of carbonyl (C=O) groups is 1. The molecule has 4 aliphatic carbocycles. The Balaban J connectivity index is 0.949. The van der Waals surface area contributed by atoms with Crippen LogP contribution >= 0.6 is 0 Å². The smallest absolute Gasteiger partial charge is 0.338 e. The van der Waals surface area contributed by atoms with Gasteiger partial charge in [-0.1, -0.05) is 65.5 Å². The Morgan fingerprint density at radius 1 is 0.836 bits per heavy atom. The zero-order valence-corrected chi connectivity index (χ0v) is 34.9. The maximum absolute atomic E-state index is 13.3. The number of rotatable bonds is 19. The Bertz CT molecular complexity index is 1570. The van der Waals surface area contributed by atoms with Crippen LogP contribution in [0, 0.1) is 46.3 Å². The number of hydrogen-bond donors (Lipinski definition) is 2. The number of unbranched alkanes of at least 4 members (excludes halogenated alkanes) is 2. The summed E-state index contributed by atoms with van der Waals surface area (Å²) in [5.74, 6) is 5.58. The Morgan fingerprint density at radius 3 is 2.25 bits per heavy atom. The van der Waals surface area contributed by atoms with E-state index in [1.165, 1.54) is 51.4 Å². The zero-order valence-electron chi connectivity index (χ0n) is 34.9. The number of azo groups is 1. The average molecular weight is 753 g/mol. The van der Waals surface area contributed by atoms with Crippen molar-refractivity contribution in [3.8, 4) is 5.75 Å². The molecule has 7 nitrogen and oxygen atoms in total. The van der Waals surface area contributed by atoms with Gasteiger partial charge in [-0.25, -0.2) is 4.79 Å². The first kappa shape index (κ1) is 41.6. The molecule has 8 atom stereocenters. The zero-order chi connectivity index (χ0) is 38.8. The van der Waals surface area contributed by atoms with E-state index in [1.807, 2.05) is 36.4 Å². The molecule has 2 aromatic carbocycles. The molecule has 0 aromatic heterocycles. The summed E-state index contributed by atoms with van der Waals surface area (Å²) in [4.78, 5) is 13.3. The van der Waals surface area contributed by atoms with Gasteiger partial charge in [-0.3, -0.25) is 0 Å². The van der Waals surface area contributed by atoms with Gasteiger partial charge in [-0.05, 0) is 185 Å². The fraction of sp³-hybridized carbons (Fsp3) is 0.688. The lowest BCUT2D eigenvalue weighted by Crippen LogP contribution is -2.51. The van der Waals surface area contributed by atoms with Gasteiger partial charge in [0.05, 0.1) is 23.5 Å². The van der Waals surface area contributed by atoms with Crippen molar-refractivity contribution >= 4 is 17.3 Å². The van der Waals surface area contributed by atoms with E-state index < -0.39 is 0 Å². The number of carbonyl (C=O) groups excluding carboxylic acids is 1. The van der Waals surface area contributed by atoms with E-state index in [0.717, 1.165) is 112 Å². The summed E-state index contributed by atoms with van der Waals surface area (Å²) in [6, 6.07) is 15.0. The second kappa shape index (κ2) is 19.4. The molecule has 0 radical (unpaired) electrons. The molecule has 3 N–H and O–H groups in total. The Morgan fingerprint density at radius 2 is 1.55 bits per heavy atom. The number of hydrogen-bond acceptors (Lipinski definition) is 7. The van der Waals surface area contributed by atoms with Crippen LogP contribution in [0.25, 0.3) is 0 Å². The van der Waals surface area contributed by atoms with E-state index in [4.69, 9.17) is 15.2 Å². The third-order valence-corrected chi connectivity index (χ3v) is 14.6. The normalized spacial score (nSPS) is 29.4. The van der Waals surface area contributed by atoms with Crippen molar-refractivity contribution in [1.82, 2.24) is 5.32 Å². The minimum absolute atomic E-state index is 0.0559. The molecule has 0 unspecified atom stereocenters. The molecule has 0 saturated heterocycles. The highest BCUT2D eigenvalue weighted by Crippen LogP contribution is 2.67. The number of benzene rings is 2. The third kappa shape index (κ3) is 10.3. The van der Waals surface area contributed by atoms with Crippen LogP contribution in [-0.4, -0.2) is 38.3 Å². The maximum Gasteiger partial charge on any atom is 0.338 e. The van der Waals surface area contributed by atoms with Crippen LogP contribution in [0.15, 0.2) is 70.4 Å². The molecule has 3 fully saturated rings. The van der Waals surface area contributed by atoms with Gasteiger partial charge in [-0.2, -0.15) is 10.2 Å². The van der Waals surface area contributed by atoms with Crippen LogP contribution in [0.1, 0.15) is 141 Å². The fourth-order valence-electron chi connectivity index (χ4n) is 11.4. The van der Waals surface area contributed by atoms with Crippen LogP contribution < -0.4 is 15.8 Å². The number of nitrogens with zero attached hydrogens (tertiary/aromatic N) is 2. The van der Waals surface area contributed by atoms with E-state index in [0.29, 0.717) is 23.3 Å². The molecular formula is C48H72N4O3. The summed E-state index contributed by atoms with van der Waals surface area (Å²) in [6.07, 6.45) is 20.8. The maximum atomic E-state index is 13.3. The number of allylic oxidation sites excluding steroid dienone is 1. The molecule has 0 aliphatic heterocycles. The highest BCUT2D eigenvalue weighted by atomic mass is 16.5. The Kier molecular flexibility index (Phi) is 14.7. The van der Waals surface area contributed by atoms with Crippen molar-refractivity contribution in [3.63, 3.8) is 0 Å². The molecule has 6 rings (SSSR count). The molecular weight excluding hydrogens is 681 g/mol. The van der Waals surface area contributed by atoms with Gasteiger partial charge in [-0.15, -0.1) is 0 Å². The highest BCUT2D eigenvalue weighted by molar-refractivity contribution is 5.89. The first-order valence-corrected chi connectivity index (χ1v) is 22.2. The average Bonchev–Trinajstić information content (AvgIpc) is 3.54. The highest BCUT2D eigenvalue weighted by Gasteiger charge is 2.59. The molecule has 302 valence electrons. The van der Waals surface area contributed by atoms with Crippen LogP contribution in [0.2, 0.25) is 0 Å². The lowest BCUT2D eigenvalue weighted by atomic mass is 9.47. The largest absolute Gasteiger partial charge is 0.494 e. The predicted molar refractivity (Wildman–Crippen MR) is 225 cm³/mol. The summed E-state index contributed by atoms with van der Waals surface area (Å²) in [5.41, 5.74) is 9.86. The molecule has 2 aromatic rings. The van der Waals surface area contributed by atoms with Gasteiger partial charge in [0.15, 0.2) is 0 Å². The Labute approximate surface area is 333 Å². The minimum Gasteiger partial charge on any atom is -0.494 e. The Hall–Kier alpha value is -3.03. The van der Waals surface area contributed by atoms with Gasteiger partial charge in [0.25, 0.3) is 0 Å². The van der Waals surface area contributed by atoms with Crippen LogP contribution in [-0.2, 0) is 4.74 Å². The van der Waals surface area contributed by atoms with Crippen molar-refractivity contribution in [3.05, 3.63) is 65.7 Å². The van der Waals surface area contributed by atoms with Crippen molar-refractivity contribution in [1.29, 1.82) is 0 Å². The summed E-state index contributed by atoms with van der Waals surface area (Å²) >= 11 is 0. The topological polar surface area (TPSA) is 98.3 Å². The lowest BCUT2D eigenvalue weighted by Gasteiger charge is -2.58. The van der Waals surface area contributed by atoms with Gasteiger partial charge >= 0.3 is 5.97 Å². The van der Waals surface area contributed by atoms with E-state index in [1.54, 1.807) is 17.7 Å². The number of esters is 1. The standard InChI is InChI=1S/C48H72N4O3/c1-34(2)11-10-12-35(3)43-23-24-44-42-22-15-37-33-41(25-27-47(37,4)45(42)26-28-48(43,44)5)55-46(53)36-13-16-38(17-14-36)51-52-39-18-20-40(21-19-39)54-32-9-8-31-50-30-7-6-29-49/h13-21,34-35,41-45,50H,6-12,22-33,49H2,1-5H3/t35-,41+,42+,43-,44+,45+,47+,48-/m1/s1. The van der Waals surface area contributed by atoms with Gasteiger partial charge in [0.1, 0.15) is 11.9 Å². The monoisotopic (exact) mass is 753 g/mol. The van der Waals surface area contributed by atoms with Crippen molar-refractivity contribution in [2.45, 2.75) is 137 Å². The first-order chi connectivity index (χ1) is 26.6. The van der Waals surface area contributed by atoms with Crippen molar-refractivity contribution < 1.29 is 14.3 Å². The second-order valence-electron chi connectivity index (χ2n) is 18.6. The SMILES string of the molecule is CC(C)CCC[C@@H](C)[C@H]1CC[C@H]2[C@@H]3CC=C4C[C@@H](OC(=O)c5ccc(N=Nc6ccc(OCCCCNCCCCN)cc6)cc5)CC[C@]4(C)[C@H]3CC[C@]12C. The van der Waals surface area contributed by atoms with Gasteiger partial charge < -0.3 is 20.5 Å². The van der Waals surface area contributed by atoms with Crippen LogP contribution in [0.4, 0.5) is 11.4 Å². The molecule has 0 spiro atoms. The van der Waals surface area contributed by atoms with Crippen molar-refractivity contribution in [2.24, 2.45) is 62.3 Å². The van der Waals surface area contributed by atoms with Crippen LogP contribution in [0.3, 0.4) is 0 Å². The number of fused-ring (bicyclic) bond motifs is 5. The first-order valence-electron chi connectivity index (χ1n) is 22.2. The second-order valence-corrected chi connectivity index (χ2v) is 18.6. The lowest BCUT2D eigenvalue weighted by molar-refractivity contribution is -0.0594. The molecule has 55 heavy (non-hydrogen) atoms. The summed E-state index contributed by atoms with van der Waals surface area (Å²) in [5, 5.41) is 12.2. The summed E-state index contributed by atoms with van der Waals surface area (Å²) < 4.78 is 12.1. The molecule has 4 aliphatic rings. The number of nitrogens with two attached hydrogens (primary N) is 1. The van der Waals surface area contributed by atoms with Crippen molar-refractivity contribution in [2.75, 3.05) is 26.2 Å². The predicted octanol–water partition coefficient (Wildman–Crippen LogP) is 12.2. The summed E-state index contributed by atoms with van der Waals surface area (Å²) in [7, 11) is 0. The molecule has 0 amide bonds. The fourth-order valence-corrected chi connectivity index (χ4v) is 11.4. The van der Waals surface area contributed by atoms with E-state index in [9.17, 15) is 4.79 Å². The minimum atomic E-state index is -0.242. The van der Waals surface area contributed by atoms with E-state index in [-0.39, 0.29) is 17.5 Å². The molecule has 3 saturated carbocycles. The summed E-state index contributed by atoms with van der Waals surface area (Å²) in [6.45, 7) is 16.0.